The van der Waals surface area contributed by atoms with Gasteiger partial charge in [0.05, 0.1) is 6.61 Å². The van der Waals surface area contributed by atoms with Gasteiger partial charge in [-0.25, -0.2) is 0 Å². The maximum atomic E-state index is 5.92. The highest BCUT2D eigenvalue weighted by Crippen LogP contribution is 2.12. The Bertz CT molecular complexity index is 129. The Morgan fingerprint density at radius 2 is 1.85 bits per heavy atom. The number of hydrogen-bond acceptors (Lipinski definition) is 3. The summed E-state index contributed by atoms with van der Waals surface area (Å²) in [6.07, 6.45) is 0.914. The van der Waals surface area contributed by atoms with E-state index in [9.17, 15) is 0 Å². The summed E-state index contributed by atoms with van der Waals surface area (Å²) in [5.41, 5.74) is 11.3. The van der Waals surface area contributed by atoms with Crippen molar-refractivity contribution < 1.29 is 4.74 Å². The van der Waals surface area contributed by atoms with Crippen LogP contribution in [0.2, 0.25) is 0 Å². The molecule has 3 heteroatoms. The molecule has 13 heavy (non-hydrogen) atoms. The first-order valence-electron chi connectivity index (χ1n) is 4.96. The smallest absolute Gasteiger partial charge is 0.0508 e. The molecule has 0 radical (unpaired) electrons. The van der Waals surface area contributed by atoms with Gasteiger partial charge in [-0.3, -0.25) is 0 Å². The minimum Gasteiger partial charge on any atom is -0.381 e. The van der Waals surface area contributed by atoms with Crippen LogP contribution in [0.1, 0.15) is 34.1 Å². The lowest BCUT2D eigenvalue weighted by atomic mass is 9.91. The van der Waals surface area contributed by atoms with E-state index in [-0.39, 0.29) is 11.6 Å². The van der Waals surface area contributed by atoms with Crippen molar-refractivity contribution in [3.63, 3.8) is 0 Å². The van der Waals surface area contributed by atoms with Gasteiger partial charge < -0.3 is 16.2 Å². The minimum absolute atomic E-state index is 0.158. The molecular weight excluding hydrogens is 164 g/mol. The number of ether oxygens (including phenoxy) is 1. The zero-order chi connectivity index (χ0) is 10.5. The molecule has 2 atom stereocenters. The van der Waals surface area contributed by atoms with Crippen LogP contribution >= 0.6 is 0 Å². The summed E-state index contributed by atoms with van der Waals surface area (Å²) in [5, 5.41) is 0. The normalized spacial score (nSPS) is 17.1. The highest BCUT2D eigenvalue weighted by atomic mass is 16.5. The number of rotatable bonds is 6. The van der Waals surface area contributed by atoms with E-state index in [4.69, 9.17) is 16.2 Å². The van der Waals surface area contributed by atoms with Crippen LogP contribution in [0.3, 0.4) is 0 Å². The molecule has 0 fully saturated rings. The fourth-order valence-corrected chi connectivity index (χ4v) is 0.744. The van der Waals surface area contributed by atoms with Crippen molar-refractivity contribution >= 4 is 0 Å². The van der Waals surface area contributed by atoms with Gasteiger partial charge in [0.25, 0.3) is 0 Å². The molecule has 0 amide bonds. The average Bonchev–Trinajstić information content (AvgIpc) is 1.95. The van der Waals surface area contributed by atoms with Gasteiger partial charge in [-0.05, 0) is 33.1 Å². The first-order chi connectivity index (χ1) is 5.84. The molecule has 80 valence electrons. The highest BCUT2D eigenvalue weighted by Gasteiger charge is 2.20. The first-order valence-corrected chi connectivity index (χ1v) is 4.96. The highest BCUT2D eigenvalue weighted by molar-refractivity contribution is 4.78. The van der Waals surface area contributed by atoms with Crippen LogP contribution < -0.4 is 11.5 Å². The van der Waals surface area contributed by atoms with Gasteiger partial charge in [0, 0.05) is 18.2 Å². The lowest BCUT2D eigenvalue weighted by Crippen LogP contribution is -2.41. The average molecular weight is 188 g/mol. The van der Waals surface area contributed by atoms with Crippen LogP contribution in [-0.4, -0.2) is 24.8 Å². The molecule has 0 aromatic heterocycles. The monoisotopic (exact) mass is 188 g/mol. The molecule has 0 rings (SSSR count). The predicted molar refractivity (Wildman–Crippen MR) is 56.5 cm³/mol. The molecular formula is C10H24N2O. The Kier molecular flexibility index (Phi) is 5.53. The molecule has 4 N–H and O–H groups in total. The van der Waals surface area contributed by atoms with Gasteiger partial charge in [0.1, 0.15) is 0 Å². The van der Waals surface area contributed by atoms with Crippen molar-refractivity contribution in [3.05, 3.63) is 0 Å². The Morgan fingerprint density at radius 3 is 2.23 bits per heavy atom. The summed E-state index contributed by atoms with van der Waals surface area (Å²) in [5.74, 6) is 0.376. The van der Waals surface area contributed by atoms with Crippen LogP contribution in [0.4, 0.5) is 0 Å². The molecule has 0 aliphatic carbocycles. The predicted octanol–water partition coefficient (Wildman–Crippen LogP) is 1.11. The van der Waals surface area contributed by atoms with Gasteiger partial charge in [-0.1, -0.05) is 6.92 Å². The molecule has 0 spiro atoms. The molecule has 0 aromatic rings. The summed E-state index contributed by atoms with van der Waals surface area (Å²) in [6.45, 7) is 9.58. The molecule has 3 nitrogen and oxygen atoms in total. The van der Waals surface area contributed by atoms with E-state index in [1.54, 1.807) is 0 Å². The molecule has 0 aromatic carbocycles. The first kappa shape index (κ1) is 12.9. The number of hydrogen-bond donors (Lipinski definition) is 2. The third-order valence-electron chi connectivity index (χ3n) is 2.36. The summed E-state index contributed by atoms with van der Waals surface area (Å²) in [6, 6.07) is 0.223. The Hall–Kier alpha value is -0.120. The third kappa shape index (κ3) is 6.99. The van der Waals surface area contributed by atoms with Crippen LogP contribution in [0, 0.1) is 5.92 Å². The van der Waals surface area contributed by atoms with Crippen molar-refractivity contribution in [2.45, 2.75) is 45.7 Å². The number of nitrogens with two attached hydrogens (primary N) is 2. The molecule has 0 aliphatic rings. The van der Waals surface area contributed by atoms with Gasteiger partial charge in [0.2, 0.25) is 0 Å². The SMILES string of the molecule is CC(N)CCOCC(C)C(C)(C)N. The fourth-order valence-electron chi connectivity index (χ4n) is 0.744. The van der Waals surface area contributed by atoms with E-state index >= 15 is 0 Å². The summed E-state index contributed by atoms with van der Waals surface area (Å²) >= 11 is 0. The Morgan fingerprint density at radius 1 is 1.31 bits per heavy atom. The summed E-state index contributed by atoms with van der Waals surface area (Å²) in [7, 11) is 0. The quantitative estimate of drug-likeness (QED) is 0.614. The van der Waals surface area contributed by atoms with Crippen molar-refractivity contribution in [2.24, 2.45) is 17.4 Å². The van der Waals surface area contributed by atoms with Crippen molar-refractivity contribution in [1.29, 1.82) is 0 Å². The van der Waals surface area contributed by atoms with Crippen LogP contribution in [0.5, 0.6) is 0 Å². The van der Waals surface area contributed by atoms with E-state index in [0.717, 1.165) is 19.6 Å². The second-order valence-electron chi connectivity index (χ2n) is 4.56. The maximum absolute atomic E-state index is 5.92. The molecule has 0 aliphatic heterocycles. The van der Waals surface area contributed by atoms with Gasteiger partial charge in [-0.2, -0.15) is 0 Å². The molecule has 2 unspecified atom stereocenters. The molecule has 0 saturated heterocycles. The van der Waals surface area contributed by atoms with Crippen molar-refractivity contribution in [2.75, 3.05) is 13.2 Å². The van der Waals surface area contributed by atoms with Gasteiger partial charge in [0.15, 0.2) is 0 Å². The maximum Gasteiger partial charge on any atom is 0.0508 e. The molecule has 0 bridgehead atoms. The van der Waals surface area contributed by atoms with E-state index in [0.29, 0.717) is 5.92 Å². The van der Waals surface area contributed by atoms with Crippen molar-refractivity contribution in [1.82, 2.24) is 0 Å². The zero-order valence-electron chi connectivity index (χ0n) is 9.34. The lowest BCUT2D eigenvalue weighted by molar-refractivity contribution is 0.0785. The van der Waals surface area contributed by atoms with E-state index in [2.05, 4.69) is 6.92 Å². The largest absolute Gasteiger partial charge is 0.381 e. The van der Waals surface area contributed by atoms with E-state index < -0.39 is 0 Å². The van der Waals surface area contributed by atoms with Gasteiger partial charge in [-0.15, -0.1) is 0 Å². The topological polar surface area (TPSA) is 61.3 Å². The standard InChI is InChI=1S/C10H24N2O/c1-8(10(3,4)12)7-13-6-5-9(2)11/h8-9H,5-7,11-12H2,1-4H3. The second-order valence-corrected chi connectivity index (χ2v) is 4.56. The van der Waals surface area contributed by atoms with E-state index in [1.807, 2.05) is 20.8 Å². The third-order valence-corrected chi connectivity index (χ3v) is 2.36. The Balaban J connectivity index is 3.43. The second kappa shape index (κ2) is 5.58. The summed E-state index contributed by atoms with van der Waals surface area (Å²) < 4.78 is 5.47. The summed E-state index contributed by atoms with van der Waals surface area (Å²) in [4.78, 5) is 0. The Labute approximate surface area is 81.8 Å². The van der Waals surface area contributed by atoms with Gasteiger partial charge >= 0.3 is 0 Å². The molecule has 0 heterocycles. The van der Waals surface area contributed by atoms with Crippen molar-refractivity contribution in [3.8, 4) is 0 Å². The lowest BCUT2D eigenvalue weighted by Gasteiger charge is -2.26. The molecule has 0 saturated carbocycles. The van der Waals surface area contributed by atoms with Crippen LogP contribution in [0.15, 0.2) is 0 Å². The minimum atomic E-state index is -0.158. The zero-order valence-corrected chi connectivity index (χ0v) is 9.34. The van der Waals surface area contributed by atoms with Crippen LogP contribution in [-0.2, 0) is 4.74 Å². The van der Waals surface area contributed by atoms with Crippen LogP contribution in [0.25, 0.3) is 0 Å². The van der Waals surface area contributed by atoms with E-state index in [1.165, 1.54) is 0 Å². The fraction of sp³-hybridized carbons (Fsp3) is 1.00.